The van der Waals surface area contributed by atoms with Crippen LogP contribution >= 0.6 is 0 Å². The maximum Gasteiger partial charge on any atom is 0.389 e. The third-order valence-corrected chi connectivity index (χ3v) is 4.86. The minimum absolute atomic E-state index is 0.175. The smallest absolute Gasteiger partial charge is 0.312 e. The van der Waals surface area contributed by atoms with Crippen molar-refractivity contribution in [1.82, 2.24) is 10.0 Å². The Morgan fingerprint density at radius 3 is 2.76 bits per heavy atom. The largest absolute Gasteiger partial charge is 0.389 e. The van der Waals surface area contributed by atoms with Crippen LogP contribution in [-0.2, 0) is 23.0 Å². The third kappa shape index (κ3) is 4.42. The second kappa shape index (κ2) is 6.33. The van der Waals surface area contributed by atoms with Gasteiger partial charge in [-0.25, -0.2) is 13.1 Å². The molecule has 0 saturated heterocycles. The van der Waals surface area contributed by atoms with Crippen molar-refractivity contribution in [3.05, 3.63) is 29.3 Å². The maximum absolute atomic E-state index is 12.2. The molecule has 0 amide bonds. The fourth-order valence-electron chi connectivity index (χ4n) is 2.32. The van der Waals surface area contributed by atoms with E-state index in [1.54, 1.807) is 6.07 Å². The SMILES string of the molecule is O=S(=O)(NCCCC(F)(F)F)c1cccc2c1CCNC2. The summed E-state index contributed by atoms with van der Waals surface area (Å²) in [5.41, 5.74) is 1.67. The molecule has 8 heteroatoms. The lowest BCUT2D eigenvalue weighted by Crippen LogP contribution is -2.30. The normalized spacial score (nSPS) is 15.8. The highest BCUT2D eigenvalue weighted by molar-refractivity contribution is 7.89. The van der Waals surface area contributed by atoms with E-state index in [4.69, 9.17) is 0 Å². The molecule has 0 aliphatic carbocycles. The van der Waals surface area contributed by atoms with Crippen molar-refractivity contribution < 1.29 is 21.6 Å². The summed E-state index contributed by atoms with van der Waals surface area (Å²) in [5.74, 6) is 0. The molecule has 0 aromatic heterocycles. The lowest BCUT2D eigenvalue weighted by atomic mass is 10.0. The molecule has 0 spiro atoms. The molecule has 0 fully saturated rings. The van der Waals surface area contributed by atoms with Gasteiger partial charge in [-0.2, -0.15) is 13.2 Å². The zero-order valence-electron chi connectivity index (χ0n) is 11.3. The summed E-state index contributed by atoms with van der Waals surface area (Å²) < 4.78 is 62.8. The topological polar surface area (TPSA) is 58.2 Å². The first-order chi connectivity index (χ1) is 9.80. The Balaban J connectivity index is 2.06. The molecular weight excluding hydrogens is 305 g/mol. The summed E-state index contributed by atoms with van der Waals surface area (Å²) in [6.07, 6.45) is -4.93. The summed E-state index contributed by atoms with van der Waals surface area (Å²) >= 11 is 0. The number of halogens is 3. The van der Waals surface area contributed by atoms with E-state index < -0.39 is 22.6 Å². The van der Waals surface area contributed by atoms with E-state index in [0.717, 1.165) is 11.1 Å². The van der Waals surface area contributed by atoms with Crippen LogP contribution in [0.15, 0.2) is 23.1 Å². The van der Waals surface area contributed by atoms with Gasteiger partial charge in [-0.05, 0) is 36.6 Å². The van der Waals surface area contributed by atoms with E-state index in [-0.39, 0.29) is 17.9 Å². The first-order valence-corrected chi connectivity index (χ1v) is 8.16. The average Bonchev–Trinajstić information content (AvgIpc) is 2.42. The van der Waals surface area contributed by atoms with Crippen LogP contribution < -0.4 is 10.0 Å². The fraction of sp³-hybridized carbons (Fsp3) is 0.538. The third-order valence-electron chi connectivity index (χ3n) is 3.32. The van der Waals surface area contributed by atoms with E-state index >= 15 is 0 Å². The van der Waals surface area contributed by atoms with Crippen LogP contribution in [0.3, 0.4) is 0 Å². The van der Waals surface area contributed by atoms with E-state index in [9.17, 15) is 21.6 Å². The van der Waals surface area contributed by atoms with Crippen LogP contribution in [0.1, 0.15) is 24.0 Å². The van der Waals surface area contributed by atoms with E-state index in [2.05, 4.69) is 10.0 Å². The molecular formula is C13H17F3N2O2S. The van der Waals surface area contributed by atoms with Gasteiger partial charge in [0.15, 0.2) is 0 Å². The number of fused-ring (bicyclic) bond motifs is 1. The Bertz CT molecular complexity index is 600. The Morgan fingerprint density at radius 1 is 1.29 bits per heavy atom. The zero-order valence-corrected chi connectivity index (χ0v) is 12.1. The maximum atomic E-state index is 12.2. The van der Waals surface area contributed by atoms with Crippen molar-refractivity contribution in [2.75, 3.05) is 13.1 Å². The number of hydrogen-bond donors (Lipinski definition) is 2. The lowest BCUT2D eigenvalue weighted by molar-refractivity contribution is -0.135. The molecule has 0 atom stereocenters. The van der Waals surface area contributed by atoms with E-state index in [1.165, 1.54) is 6.07 Å². The molecule has 0 saturated carbocycles. The predicted octanol–water partition coefficient (Wildman–Crippen LogP) is 1.95. The van der Waals surface area contributed by atoms with Gasteiger partial charge in [0, 0.05) is 19.5 Å². The fourth-order valence-corrected chi connectivity index (χ4v) is 3.71. The number of rotatable bonds is 5. The second-order valence-corrected chi connectivity index (χ2v) is 6.67. The molecule has 1 aromatic carbocycles. The molecule has 0 radical (unpaired) electrons. The summed E-state index contributed by atoms with van der Waals surface area (Å²) in [7, 11) is -3.76. The molecule has 2 N–H and O–H groups in total. The molecule has 21 heavy (non-hydrogen) atoms. The van der Waals surface area contributed by atoms with Crippen molar-refractivity contribution >= 4 is 10.0 Å². The molecule has 2 rings (SSSR count). The van der Waals surface area contributed by atoms with Crippen LogP contribution in [0.2, 0.25) is 0 Å². The predicted molar refractivity (Wildman–Crippen MR) is 72.3 cm³/mol. The monoisotopic (exact) mass is 322 g/mol. The van der Waals surface area contributed by atoms with Gasteiger partial charge in [-0.3, -0.25) is 0 Å². The molecule has 0 bridgehead atoms. The quantitative estimate of drug-likeness (QED) is 0.815. The Morgan fingerprint density at radius 2 is 2.05 bits per heavy atom. The first-order valence-electron chi connectivity index (χ1n) is 6.67. The molecule has 4 nitrogen and oxygen atoms in total. The van der Waals surface area contributed by atoms with Gasteiger partial charge >= 0.3 is 6.18 Å². The Labute approximate surface area is 121 Å². The van der Waals surface area contributed by atoms with Crippen molar-refractivity contribution in [3.63, 3.8) is 0 Å². The first kappa shape index (κ1) is 16.3. The van der Waals surface area contributed by atoms with Crippen molar-refractivity contribution in [2.45, 2.75) is 36.9 Å². The van der Waals surface area contributed by atoms with Crippen molar-refractivity contribution in [1.29, 1.82) is 0 Å². The average molecular weight is 322 g/mol. The van der Waals surface area contributed by atoms with Crippen LogP contribution in [0.4, 0.5) is 13.2 Å². The van der Waals surface area contributed by atoms with Crippen LogP contribution in [0.5, 0.6) is 0 Å². The summed E-state index contributed by atoms with van der Waals surface area (Å²) in [6, 6.07) is 5.00. The summed E-state index contributed by atoms with van der Waals surface area (Å²) in [6.45, 7) is 1.07. The highest BCUT2D eigenvalue weighted by Crippen LogP contribution is 2.23. The van der Waals surface area contributed by atoms with Crippen molar-refractivity contribution in [3.8, 4) is 0 Å². The highest BCUT2D eigenvalue weighted by Gasteiger charge is 2.27. The standard InChI is InChI=1S/C13H17F3N2O2S/c14-13(15,16)6-2-7-18-21(19,20)12-4-1-3-10-9-17-8-5-11(10)12/h1,3-4,17-18H,2,5-9H2. The minimum Gasteiger partial charge on any atom is -0.312 e. The molecule has 118 valence electrons. The number of alkyl halides is 3. The Hall–Kier alpha value is -1.12. The van der Waals surface area contributed by atoms with Gasteiger partial charge in [0.05, 0.1) is 4.90 Å². The molecule has 1 aromatic rings. The van der Waals surface area contributed by atoms with Crippen LogP contribution in [-0.4, -0.2) is 27.7 Å². The van der Waals surface area contributed by atoms with E-state index in [0.29, 0.717) is 19.5 Å². The number of benzene rings is 1. The Kier molecular flexibility index (Phi) is 4.90. The molecule has 0 unspecified atom stereocenters. The second-order valence-electron chi connectivity index (χ2n) is 4.94. The minimum atomic E-state index is -4.26. The molecule has 1 aliphatic heterocycles. The molecule has 1 heterocycles. The number of nitrogens with one attached hydrogen (secondary N) is 2. The van der Waals surface area contributed by atoms with Gasteiger partial charge in [-0.15, -0.1) is 0 Å². The number of sulfonamides is 1. The van der Waals surface area contributed by atoms with Crippen LogP contribution in [0.25, 0.3) is 0 Å². The van der Waals surface area contributed by atoms with Gasteiger partial charge in [0.1, 0.15) is 0 Å². The lowest BCUT2D eigenvalue weighted by Gasteiger charge is -2.20. The molecule has 1 aliphatic rings. The van der Waals surface area contributed by atoms with Gasteiger partial charge < -0.3 is 5.32 Å². The summed E-state index contributed by atoms with van der Waals surface area (Å²) in [5, 5.41) is 3.15. The van der Waals surface area contributed by atoms with Gasteiger partial charge in [-0.1, -0.05) is 12.1 Å². The van der Waals surface area contributed by atoms with Crippen molar-refractivity contribution in [2.24, 2.45) is 0 Å². The van der Waals surface area contributed by atoms with Gasteiger partial charge in [0.25, 0.3) is 0 Å². The number of hydrogen-bond acceptors (Lipinski definition) is 3. The highest BCUT2D eigenvalue weighted by atomic mass is 32.2. The van der Waals surface area contributed by atoms with Gasteiger partial charge in [0.2, 0.25) is 10.0 Å². The van der Waals surface area contributed by atoms with Crippen LogP contribution in [0, 0.1) is 0 Å². The zero-order chi connectivity index (χ0) is 15.5. The summed E-state index contributed by atoms with van der Waals surface area (Å²) in [4.78, 5) is 0.175. The van der Waals surface area contributed by atoms with E-state index in [1.807, 2.05) is 6.07 Å².